The highest BCUT2D eigenvalue weighted by Crippen LogP contribution is 2.29. The van der Waals surface area contributed by atoms with Crippen LogP contribution in [-0.4, -0.2) is 16.7 Å². The summed E-state index contributed by atoms with van der Waals surface area (Å²) in [7, 11) is 0. The minimum atomic E-state index is -0.0964. The van der Waals surface area contributed by atoms with Crippen molar-refractivity contribution in [2.24, 2.45) is 0 Å². The van der Waals surface area contributed by atoms with Crippen molar-refractivity contribution < 1.29 is 5.11 Å². The average molecular weight is 340 g/mol. The van der Waals surface area contributed by atoms with Gasteiger partial charge < -0.3 is 5.11 Å². The molecular formula is C13H10BrNOS2. The van der Waals surface area contributed by atoms with E-state index >= 15 is 0 Å². The third-order valence-corrected chi connectivity index (χ3v) is 5.12. The number of aliphatic hydroxyl groups excluding tert-OH is 1. The summed E-state index contributed by atoms with van der Waals surface area (Å²) in [4.78, 5) is 5.56. The fourth-order valence-electron chi connectivity index (χ4n) is 1.28. The number of thioether (sulfide) groups is 1. The Morgan fingerprint density at radius 1 is 1.50 bits per heavy atom. The van der Waals surface area contributed by atoms with Gasteiger partial charge >= 0.3 is 0 Å². The first-order valence-electron chi connectivity index (χ1n) is 5.20. The van der Waals surface area contributed by atoms with E-state index in [0.29, 0.717) is 0 Å². The van der Waals surface area contributed by atoms with Crippen LogP contribution in [0.5, 0.6) is 0 Å². The van der Waals surface area contributed by atoms with Gasteiger partial charge in [0.1, 0.15) is 11.6 Å². The van der Waals surface area contributed by atoms with E-state index in [-0.39, 0.29) is 6.61 Å². The summed E-state index contributed by atoms with van der Waals surface area (Å²) in [5.41, 5.74) is 0.963. The van der Waals surface area contributed by atoms with Crippen molar-refractivity contribution in [1.82, 2.24) is 4.98 Å². The number of nitrogens with zero attached hydrogens (tertiary/aromatic N) is 1. The van der Waals surface area contributed by atoms with Crippen LogP contribution in [0.15, 0.2) is 39.3 Å². The number of pyridine rings is 1. The van der Waals surface area contributed by atoms with Crippen LogP contribution < -0.4 is 0 Å². The molecular weight excluding hydrogens is 330 g/mol. The highest BCUT2D eigenvalue weighted by molar-refractivity contribution is 9.10. The van der Waals surface area contributed by atoms with E-state index in [1.54, 1.807) is 29.3 Å². The molecule has 0 amide bonds. The Balaban J connectivity index is 1.98. The average Bonchev–Trinajstić information content (AvgIpc) is 2.83. The number of hydrogen-bond donors (Lipinski definition) is 1. The van der Waals surface area contributed by atoms with Crippen LogP contribution in [0, 0.1) is 11.8 Å². The fraction of sp³-hybridized carbons (Fsp3) is 0.154. The summed E-state index contributed by atoms with van der Waals surface area (Å²) in [6.45, 7) is -0.0964. The molecule has 0 bridgehead atoms. The summed E-state index contributed by atoms with van der Waals surface area (Å²) >= 11 is 6.85. The Labute approximate surface area is 123 Å². The van der Waals surface area contributed by atoms with Gasteiger partial charge in [-0.05, 0) is 34.1 Å². The molecule has 0 saturated heterocycles. The summed E-state index contributed by atoms with van der Waals surface area (Å²) in [6, 6.07) is 5.95. The second-order valence-corrected chi connectivity index (χ2v) is 6.15. The predicted octanol–water partition coefficient (Wildman–Crippen LogP) is 3.54. The number of aromatic nitrogens is 1. The molecule has 18 heavy (non-hydrogen) atoms. The van der Waals surface area contributed by atoms with Gasteiger partial charge in [-0.2, -0.15) is 0 Å². The molecule has 0 fully saturated rings. The number of hydrogen-bond acceptors (Lipinski definition) is 4. The summed E-state index contributed by atoms with van der Waals surface area (Å²) in [5, 5.41) is 11.6. The van der Waals surface area contributed by atoms with Gasteiger partial charge in [0.15, 0.2) is 0 Å². The van der Waals surface area contributed by atoms with Gasteiger partial charge in [0.05, 0.1) is 0 Å². The first-order valence-corrected chi connectivity index (χ1v) is 7.86. The second-order valence-electron chi connectivity index (χ2n) is 3.34. The molecule has 0 spiro atoms. The minimum Gasteiger partial charge on any atom is -0.384 e. The van der Waals surface area contributed by atoms with Crippen LogP contribution in [-0.2, 0) is 5.75 Å². The lowest BCUT2D eigenvalue weighted by molar-refractivity contribution is 0.350. The second kappa shape index (κ2) is 6.95. The van der Waals surface area contributed by atoms with Crippen LogP contribution >= 0.6 is 39.0 Å². The monoisotopic (exact) mass is 339 g/mol. The van der Waals surface area contributed by atoms with Crippen LogP contribution in [0.1, 0.15) is 10.4 Å². The van der Waals surface area contributed by atoms with Gasteiger partial charge in [-0.25, -0.2) is 4.98 Å². The molecule has 2 aromatic rings. The zero-order valence-corrected chi connectivity index (χ0v) is 12.6. The van der Waals surface area contributed by atoms with Gasteiger partial charge in [-0.3, -0.25) is 0 Å². The normalized spacial score (nSPS) is 9.89. The molecule has 1 N–H and O–H groups in total. The van der Waals surface area contributed by atoms with Crippen molar-refractivity contribution in [3.8, 4) is 11.8 Å². The first kappa shape index (κ1) is 13.6. The molecule has 2 heterocycles. The maximum atomic E-state index is 8.63. The molecule has 2 nitrogen and oxygen atoms in total. The van der Waals surface area contributed by atoms with E-state index < -0.39 is 0 Å². The van der Waals surface area contributed by atoms with Crippen molar-refractivity contribution in [3.05, 3.63) is 44.7 Å². The van der Waals surface area contributed by atoms with E-state index in [1.165, 1.54) is 4.88 Å². The Morgan fingerprint density at radius 3 is 3.17 bits per heavy atom. The van der Waals surface area contributed by atoms with E-state index in [2.05, 4.69) is 38.8 Å². The molecule has 0 aliphatic carbocycles. The standard InChI is InChI=1S/C13H10BrNOS2/c14-12-4-1-5-15-13(12)18-9-11-7-10(8-17-11)3-2-6-16/h1,4-5,7-8,16H,6,9H2. The summed E-state index contributed by atoms with van der Waals surface area (Å²) in [6.07, 6.45) is 1.79. The zero-order chi connectivity index (χ0) is 12.8. The highest BCUT2D eigenvalue weighted by atomic mass is 79.9. The van der Waals surface area contributed by atoms with Gasteiger partial charge in [0.25, 0.3) is 0 Å². The smallest absolute Gasteiger partial charge is 0.111 e. The maximum Gasteiger partial charge on any atom is 0.111 e. The van der Waals surface area contributed by atoms with E-state index in [9.17, 15) is 0 Å². The van der Waals surface area contributed by atoms with Crippen LogP contribution in [0.25, 0.3) is 0 Å². The lowest BCUT2D eigenvalue weighted by atomic mass is 10.3. The van der Waals surface area contributed by atoms with Crippen molar-refractivity contribution in [1.29, 1.82) is 0 Å². The number of halogens is 1. The molecule has 0 saturated carbocycles. The lowest BCUT2D eigenvalue weighted by Gasteiger charge is -2.00. The molecule has 0 aliphatic heterocycles. The van der Waals surface area contributed by atoms with Crippen molar-refractivity contribution in [2.75, 3.05) is 6.61 Å². The third kappa shape index (κ3) is 3.85. The molecule has 0 atom stereocenters. The fourth-order valence-corrected chi connectivity index (χ4v) is 3.63. The molecule has 2 rings (SSSR count). The van der Waals surface area contributed by atoms with Gasteiger partial charge in [0.2, 0.25) is 0 Å². The van der Waals surface area contributed by atoms with Crippen molar-refractivity contribution in [2.45, 2.75) is 10.8 Å². The zero-order valence-electron chi connectivity index (χ0n) is 9.39. The molecule has 2 aromatic heterocycles. The van der Waals surface area contributed by atoms with Crippen LogP contribution in [0.3, 0.4) is 0 Å². The van der Waals surface area contributed by atoms with Crippen LogP contribution in [0.4, 0.5) is 0 Å². The molecule has 92 valence electrons. The van der Waals surface area contributed by atoms with Crippen molar-refractivity contribution in [3.63, 3.8) is 0 Å². The Morgan fingerprint density at radius 2 is 2.39 bits per heavy atom. The quantitative estimate of drug-likeness (QED) is 0.685. The number of thiophene rings is 1. The third-order valence-electron chi connectivity index (χ3n) is 2.04. The summed E-state index contributed by atoms with van der Waals surface area (Å²) < 4.78 is 1.02. The van der Waals surface area contributed by atoms with E-state index in [4.69, 9.17) is 5.11 Å². The van der Waals surface area contributed by atoms with E-state index in [1.807, 2.05) is 17.5 Å². The number of aliphatic hydroxyl groups is 1. The van der Waals surface area contributed by atoms with Gasteiger partial charge in [-0.1, -0.05) is 23.6 Å². The largest absolute Gasteiger partial charge is 0.384 e. The Kier molecular flexibility index (Phi) is 5.26. The molecule has 0 unspecified atom stereocenters. The SMILES string of the molecule is OCC#Cc1csc(CSc2ncccc2Br)c1. The first-order chi connectivity index (χ1) is 8.79. The van der Waals surface area contributed by atoms with Crippen molar-refractivity contribution >= 4 is 39.0 Å². The maximum absolute atomic E-state index is 8.63. The van der Waals surface area contributed by atoms with Gasteiger partial charge in [0, 0.05) is 32.2 Å². The molecule has 0 aromatic carbocycles. The lowest BCUT2D eigenvalue weighted by Crippen LogP contribution is -1.81. The molecule has 0 radical (unpaired) electrons. The Bertz CT molecular complexity index is 586. The van der Waals surface area contributed by atoms with E-state index in [0.717, 1.165) is 20.8 Å². The van der Waals surface area contributed by atoms with Crippen LogP contribution in [0.2, 0.25) is 0 Å². The predicted molar refractivity (Wildman–Crippen MR) is 79.8 cm³/mol. The topological polar surface area (TPSA) is 33.1 Å². The molecule has 5 heteroatoms. The Hall–Kier alpha value is -0.800. The highest BCUT2D eigenvalue weighted by Gasteiger charge is 2.03. The molecule has 0 aliphatic rings. The number of rotatable bonds is 3. The minimum absolute atomic E-state index is 0.0964. The van der Waals surface area contributed by atoms with Gasteiger partial charge in [-0.15, -0.1) is 11.3 Å². The summed E-state index contributed by atoms with van der Waals surface area (Å²) in [5.74, 6) is 6.42.